The van der Waals surface area contributed by atoms with Crippen molar-refractivity contribution < 1.29 is 19.4 Å². The van der Waals surface area contributed by atoms with Crippen molar-refractivity contribution in [1.82, 2.24) is 5.32 Å². The van der Waals surface area contributed by atoms with Crippen LogP contribution in [0.25, 0.3) is 11.1 Å². The number of nitrogens with one attached hydrogen (secondary N) is 1. The van der Waals surface area contributed by atoms with Crippen molar-refractivity contribution in [1.29, 1.82) is 0 Å². The first-order valence-electron chi connectivity index (χ1n) is 8.70. The molecule has 0 unspecified atom stereocenters. The molecular weight excluding hydrogens is 330 g/mol. The Morgan fingerprint density at radius 3 is 2.12 bits per heavy atom. The lowest BCUT2D eigenvalue weighted by Crippen LogP contribution is -2.44. The van der Waals surface area contributed by atoms with Crippen LogP contribution < -0.4 is 10.1 Å². The molecule has 2 aromatic rings. The van der Waals surface area contributed by atoms with Gasteiger partial charge < -0.3 is 19.9 Å². The third-order valence-corrected chi connectivity index (χ3v) is 4.70. The van der Waals surface area contributed by atoms with Crippen LogP contribution in [0.5, 0.6) is 5.75 Å². The summed E-state index contributed by atoms with van der Waals surface area (Å²) in [5.74, 6) is 0.852. The van der Waals surface area contributed by atoms with Crippen LogP contribution in [-0.4, -0.2) is 31.0 Å². The predicted octanol–water partition coefficient (Wildman–Crippen LogP) is 4.27. The molecule has 5 heteroatoms. The van der Waals surface area contributed by atoms with E-state index in [2.05, 4.69) is 12.2 Å². The van der Waals surface area contributed by atoms with Crippen LogP contribution in [-0.2, 0) is 10.3 Å². The predicted molar refractivity (Wildman–Crippen MR) is 100 cm³/mol. The average molecular weight is 355 g/mol. The van der Waals surface area contributed by atoms with Gasteiger partial charge in [0.15, 0.2) is 0 Å². The molecule has 1 saturated heterocycles. The molecule has 1 heterocycles. The Morgan fingerprint density at radius 1 is 1.12 bits per heavy atom. The zero-order chi connectivity index (χ0) is 18.8. The van der Waals surface area contributed by atoms with E-state index in [-0.39, 0.29) is 5.41 Å². The normalized spacial score (nSPS) is 15.8. The van der Waals surface area contributed by atoms with Gasteiger partial charge in [-0.3, -0.25) is 0 Å². The minimum atomic E-state index is -1.03. The van der Waals surface area contributed by atoms with Crippen molar-refractivity contribution in [3.05, 3.63) is 54.1 Å². The second kappa shape index (κ2) is 7.00. The largest absolute Gasteiger partial charge is 0.493 e. The van der Waals surface area contributed by atoms with Crippen LogP contribution in [0.4, 0.5) is 4.79 Å². The highest BCUT2D eigenvalue weighted by molar-refractivity contribution is 5.67. The van der Waals surface area contributed by atoms with Crippen LogP contribution in [0, 0.1) is 5.41 Å². The molecule has 1 fully saturated rings. The fraction of sp³-hybridized carbons (Fsp3) is 0.381. The molecule has 138 valence electrons. The number of carboxylic acid groups (broad SMARTS) is 1. The van der Waals surface area contributed by atoms with Crippen LogP contribution in [0.15, 0.2) is 48.5 Å². The van der Waals surface area contributed by atoms with Gasteiger partial charge in [-0.1, -0.05) is 43.3 Å². The zero-order valence-electron chi connectivity index (χ0n) is 15.4. The van der Waals surface area contributed by atoms with E-state index in [1.807, 2.05) is 62.4 Å². The molecule has 5 nitrogen and oxygen atoms in total. The molecule has 0 aliphatic carbocycles. The second-order valence-corrected chi connectivity index (χ2v) is 7.75. The van der Waals surface area contributed by atoms with Gasteiger partial charge in [0, 0.05) is 5.41 Å². The molecule has 1 amide bonds. The minimum absolute atomic E-state index is 0.130. The first-order chi connectivity index (χ1) is 12.3. The fourth-order valence-electron chi connectivity index (χ4n) is 2.95. The van der Waals surface area contributed by atoms with Crippen molar-refractivity contribution in [3.63, 3.8) is 0 Å². The standard InChI is InChI=1S/C21H25NO4/c1-20(2,22-19(23)24)17-8-4-15(5-9-17)16-6-10-18(11-7-16)26-14-21(3)12-25-13-21/h4-11,22H,12-14H2,1-3H3,(H,23,24). The lowest BCUT2D eigenvalue weighted by Gasteiger charge is -2.37. The van der Waals surface area contributed by atoms with Crippen molar-refractivity contribution in [2.24, 2.45) is 5.41 Å². The van der Waals surface area contributed by atoms with Crippen molar-refractivity contribution in [2.45, 2.75) is 26.3 Å². The van der Waals surface area contributed by atoms with E-state index >= 15 is 0 Å². The quantitative estimate of drug-likeness (QED) is 0.812. The maximum absolute atomic E-state index is 10.9. The maximum Gasteiger partial charge on any atom is 0.405 e. The number of rotatable bonds is 6. The maximum atomic E-state index is 10.9. The Morgan fingerprint density at radius 2 is 1.65 bits per heavy atom. The van der Waals surface area contributed by atoms with Crippen LogP contribution >= 0.6 is 0 Å². The van der Waals surface area contributed by atoms with Crippen molar-refractivity contribution in [3.8, 4) is 16.9 Å². The molecule has 0 bridgehead atoms. The molecule has 26 heavy (non-hydrogen) atoms. The fourth-order valence-corrected chi connectivity index (χ4v) is 2.95. The molecule has 1 aliphatic rings. The first-order valence-corrected chi connectivity index (χ1v) is 8.70. The first kappa shape index (κ1) is 18.3. The minimum Gasteiger partial charge on any atom is -0.493 e. The Labute approximate surface area is 153 Å². The monoisotopic (exact) mass is 355 g/mol. The summed E-state index contributed by atoms with van der Waals surface area (Å²) in [6, 6.07) is 15.9. The Bertz CT molecular complexity index is 762. The van der Waals surface area contributed by atoms with Crippen LogP contribution in [0.2, 0.25) is 0 Å². The summed E-state index contributed by atoms with van der Waals surface area (Å²) in [5.41, 5.74) is 2.57. The number of carbonyl (C=O) groups is 1. The van der Waals surface area contributed by atoms with Gasteiger partial charge in [-0.25, -0.2) is 4.79 Å². The molecule has 0 atom stereocenters. The smallest absolute Gasteiger partial charge is 0.405 e. The molecule has 0 spiro atoms. The van der Waals surface area contributed by atoms with E-state index in [1.165, 1.54) is 0 Å². The van der Waals surface area contributed by atoms with Gasteiger partial charge in [0.25, 0.3) is 0 Å². The highest BCUT2D eigenvalue weighted by Gasteiger charge is 2.34. The number of hydrogen-bond acceptors (Lipinski definition) is 3. The summed E-state index contributed by atoms with van der Waals surface area (Å²) in [6.07, 6.45) is -1.03. The molecule has 0 radical (unpaired) electrons. The number of amides is 1. The summed E-state index contributed by atoms with van der Waals surface area (Å²) in [7, 11) is 0. The third kappa shape index (κ3) is 4.17. The SMILES string of the molecule is CC1(COc2ccc(-c3ccc(C(C)(C)NC(=O)O)cc3)cc2)COC1. The number of ether oxygens (including phenoxy) is 2. The van der Waals surface area contributed by atoms with Gasteiger partial charge in [-0.15, -0.1) is 0 Å². The third-order valence-electron chi connectivity index (χ3n) is 4.70. The lowest BCUT2D eigenvalue weighted by atomic mass is 9.90. The average Bonchev–Trinajstić information content (AvgIpc) is 2.58. The van der Waals surface area contributed by atoms with E-state index in [0.717, 1.165) is 35.7 Å². The molecule has 1 aliphatic heterocycles. The molecule has 2 N–H and O–H groups in total. The summed E-state index contributed by atoms with van der Waals surface area (Å²) in [4.78, 5) is 10.9. The molecule has 0 saturated carbocycles. The van der Waals surface area contributed by atoms with Crippen molar-refractivity contribution in [2.75, 3.05) is 19.8 Å². The van der Waals surface area contributed by atoms with Crippen molar-refractivity contribution >= 4 is 6.09 Å². The highest BCUT2D eigenvalue weighted by atomic mass is 16.5. The number of hydrogen-bond donors (Lipinski definition) is 2. The lowest BCUT2D eigenvalue weighted by molar-refractivity contribution is -0.120. The van der Waals surface area contributed by atoms with Crippen LogP contribution in [0.1, 0.15) is 26.3 Å². The second-order valence-electron chi connectivity index (χ2n) is 7.75. The van der Waals surface area contributed by atoms with E-state index < -0.39 is 11.6 Å². The van der Waals surface area contributed by atoms with Gasteiger partial charge >= 0.3 is 6.09 Å². The van der Waals surface area contributed by atoms with Gasteiger partial charge in [0.1, 0.15) is 5.75 Å². The van der Waals surface area contributed by atoms with Gasteiger partial charge in [0.2, 0.25) is 0 Å². The molecule has 0 aromatic heterocycles. The topological polar surface area (TPSA) is 67.8 Å². The van der Waals surface area contributed by atoms with Crippen LogP contribution in [0.3, 0.4) is 0 Å². The highest BCUT2D eigenvalue weighted by Crippen LogP contribution is 2.29. The zero-order valence-corrected chi connectivity index (χ0v) is 15.4. The van der Waals surface area contributed by atoms with E-state index in [9.17, 15) is 4.79 Å². The molecule has 2 aromatic carbocycles. The Balaban J connectivity index is 1.66. The van der Waals surface area contributed by atoms with E-state index in [0.29, 0.717) is 6.61 Å². The summed E-state index contributed by atoms with van der Waals surface area (Å²) in [6.45, 7) is 8.01. The Kier molecular flexibility index (Phi) is 4.92. The summed E-state index contributed by atoms with van der Waals surface area (Å²) >= 11 is 0. The van der Waals surface area contributed by atoms with Gasteiger partial charge in [-0.2, -0.15) is 0 Å². The molecular formula is C21H25NO4. The number of benzene rings is 2. The molecule has 3 rings (SSSR count). The Hall–Kier alpha value is -2.53. The summed E-state index contributed by atoms with van der Waals surface area (Å²) < 4.78 is 11.1. The summed E-state index contributed by atoms with van der Waals surface area (Å²) in [5, 5.41) is 11.5. The van der Waals surface area contributed by atoms with Gasteiger partial charge in [0.05, 0.1) is 25.4 Å². The van der Waals surface area contributed by atoms with E-state index in [1.54, 1.807) is 0 Å². The van der Waals surface area contributed by atoms with Gasteiger partial charge in [-0.05, 0) is 42.7 Å². The van der Waals surface area contributed by atoms with E-state index in [4.69, 9.17) is 14.6 Å².